The van der Waals surface area contributed by atoms with Gasteiger partial charge in [-0.25, -0.2) is 4.79 Å². The van der Waals surface area contributed by atoms with Gasteiger partial charge in [0.1, 0.15) is 5.00 Å². The monoisotopic (exact) mass is 486 g/mol. The fourth-order valence-electron chi connectivity index (χ4n) is 3.20. The molecule has 0 unspecified atom stereocenters. The van der Waals surface area contributed by atoms with Crippen LogP contribution < -0.4 is 20.1 Å². The van der Waals surface area contributed by atoms with Crippen molar-refractivity contribution < 1.29 is 28.6 Å². The summed E-state index contributed by atoms with van der Waals surface area (Å²) in [6.45, 7) is 3.55. The number of nitrogens with one attached hydrogen (secondary N) is 2. The molecule has 1 aromatic heterocycles. The van der Waals surface area contributed by atoms with Crippen molar-refractivity contribution in [2.45, 2.75) is 13.8 Å². The van der Waals surface area contributed by atoms with Gasteiger partial charge in [-0.2, -0.15) is 0 Å². The lowest BCUT2D eigenvalue weighted by Crippen LogP contribution is -2.15. The van der Waals surface area contributed by atoms with E-state index in [-0.39, 0.29) is 28.8 Å². The van der Waals surface area contributed by atoms with Gasteiger partial charge >= 0.3 is 5.97 Å². The van der Waals surface area contributed by atoms with E-state index in [0.29, 0.717) is 33.3 Å². The van der Waals surface area contributed by atoms with Gasteiger partial charge in [-0.3, -0.25) is 9.59 Å². The number of fused-ring (bicyclic) bond motifs is 1. The molecule has 0 fully saturated rings. The molecule has 2 N–H and O–H groups in total. The van der Waals surface area contributed by atoms with Crippen LogP contribution in [0.25, 0.3) is 0 Å². The Hall–Kier alpha value is -3.56. The van der Waals surface area contributed by atoms with Crippen LogP contribution in [-0.2, 0) is 4.74 Å². The fourth-order valence-corrected chi connectivity index (χ4v) is 4.41. The Kier molecular flexibility index (Phi) is 6.52. The average Bonchev–Trinajstić information content (AvgIpc) is 3.39. The molecule has 0 saturated carbocycles. The smallest absolute Gasteiger partial charge is 0.341 e. The van der Waals surface area contributed by atoms with Crippen molar-refractivity contribution in [3.63, 3.8) is 0 Å². The highest BCUT2D eigenvalue weighted by molar-refractivity contribution is 7.19. The second-order valence-corrected chi connectivity index (χ2v) is 8.42. The molecular formula is C23H19ClN2O6S. The van der Waals surface area contributed by atoms with Crippen molar-refractivity contribution in [2.24, 2.45) is 0 Å². The van der Waals surface area contributed by atoms with Gasteiger partial charge in [-0.1, -0.05) is 11.6 Å². The van der Waals surface area contributed by atoms with Crippen LogP contribution in [0.2, 0.25) is 5.02 Å². The Balaban J connectivity index is 1.63. The van der Waals surface area contributed by atoms with E-state index in [2.05, 4.69) is 10.6 Å². The summed E-state index contributed by atoms with van der Waals surface area (Å²) in [5, 5.41) is 6.26. The van der Waals surface area contributed by atoms with E-state index < -0.39 is 17.8 Å². The molecule has 33 heavy (non-hydrogen) atoms. The summed E-state index contributed by atoms with van der Waals surface area (Å²) in [7, 11) is 0. The zero-order chi connectivity index (χ0) is 23.5. The number of carbonyl (C=O) groups is 3. The van der Waals surface area contributed by atoms with E-state index >= 15 is 0 Å². The second-order valence-electron chi connectivity index (χ2n) is 6.96. The summed E-state index contributed by atoms with van der Waals surface area (Å²) < 4.78 is 15.7. The predicted octanol–water partition coefficient (Wildman–Crippen LogP) is 5.12. The molecule has 0 atom stereocenters. The first-order valence-electron chi connectivity index (χ1n) is 9.95. The summed E-state index contributed by atoms with van der Waals surface area (Å²) >= 11 is 6.88. The van der Waals surface area contributed by atoms with E-state index in [0.717, 1.165) is 11.3 Å². The molecule has 4 rings (SSSR count). The van der Waals surface area contributed by atoms with Crippen molar-refractivity contribution in [1.29, 1.82) is 0 Å². The zero-order valence-electron chi connectivity index (χ0n) is 17.7. The Labute approximate surface area is 198 Å². The van der Waals surface area contributed by atoms with Gasteiger partial charge in [0.05, 0.1) is 17.0 Å². The lowest BCUT2D eigenvalue weighted by Gasteiger charge is -2.07. The summed E-state index contributed by atoms with van der Waals surface area (Å²) in [6.07, 6.45) is 0. The molecule has 1 aliphatic rings. The Morgan fingerprint density at radius 1 is 1.03 bits per heavy atom. The standard InChI is InChI=1S/C23H19ClN2O6S/c1-3-30-23(29)18-12(2)19(21(28)25-15-7-5-14(24)6-8-15)33-22(18)26-20(27)13-4-9-16-17(10-13)32-11-31-16/h4-10H,3,11H2,1-2H3,(H,25,28)(H,26,27). The van der Waals surface area contributed by atoms with Gasteiger partial charge in [0.2, 0.25) is 6.79 Å². The third-order valence-corrected chi connectivity index (χ3v) is 6.25. The average molecular weight is 487 g/mol. The highest BCUT2D eigenvalue weighted by atomic mass is 35.5. The molecule has 0 radical (unpaired) electrons. The molecule has 8 nitrogen and oxygen atoms in total. The number of thiophene rings is 1. The summed E-state index contributed by atoms with van der Waals surface area (Å²) in [6, 6.07) is 11.4. The molecule has 2 amide bonds. The number of hydrogen-bond acceptors (Lipinski definition) is 7. The number of carbonyl (C=O) groups excluding carboxylic acids is 3. The minimum atomic E-state index is -0.627. The molecule has 0 bridgehead atoms. The highest BCUT2D eigenvalue weighted by Crippen LogP contribution is 2.36. The van der Waals surface area contributed by atoms with Crippen molar-refractivity contribution in [1.82, 2.24) is 0 Å². The van der Waals surface area contributed by atoms with Gasteiger partial charge in [0, 0.05) is 16.3 Å². The van der Waals surface area contributed by atoms with E-state index in [4.69, 9.17) is 25.8 Å². The first-order valence-corrected chi connectivity index (χ1v) is 11.1. The molecule has 1 aliphatic heterocycles. The Morgan fingerprint density at radius 2 is 1.76 bits per heavy atom. The van der Waals surface area contributed by atoms with Crippen LogP contribution in [0, 0.1) is 6.92 Å². The van der Waals surface area contributed by atoms with E-state index in [1.807, 2.05) is 0 Å². The maximum atomic E-state index is 12.9. The van der Waals surface area contributed by atoms with Crippen LogP contribution in [0.5, 0.6) is 11.5 Å². The zero-order valence-corrected chi connectivity index (χ0v) is 19.3. The van der Waals surface area contributed by atoms with Crippen LogP contribution in [0.1, 0.15) is 42.9 Å². The fraction of sp³-hybridized carbons (Fsp3) is 0.174. The molecule has 10 heteroatoms. The van der Waals surface area contributed by atoms with Crippen molar-refractivity contribution in [2.75, 3.05) is 24.0 Å². The number of ether oxygens (including phenoxy) is 3. The maximum absolute atomic E-state index is 12.9. The van der Waals surface area contributed by atoms with E-state index in [1.54, 1.807) is 56.3 Å². The summed E-state index contributed by atoms with van der Waals surface area (Å²) in [5.41, 5.74) is 1.40. The van der Waals surface area contributed by atoms with Crippen molar-refractivity contribution >= 4 is 51.4 Å². The van der Waals surface area contributed by atoms with E-state index in [1.165, 1.54) is 0 Å². The largest absolute Gasteiger partial charge is 0.462 e. The van der Waals surface area contributed by atoms with Crippen LogP contribution in [0.15, 0.2) is 42.5 Å². The summed E-state index contributed by atoms with van der Waals surface area (Å²) in [5.74, 6) is -0.512. The Morgan fingerprint density at radius 3 is 2.48 bits per heavy atom. The number of halogens is 1. The van der Waals surface area contributed by atoms with Crippen LogP contribution >= 0.6 is 22.9 Å². The molecule has 170 valence electrons. The maximum Gasteiger partial charge on any atom is 0.341 e. The van der Waals surface area contributed by atoms with Crippen LogP contribution in [0.4, 0.5) is 10.7 Å². The SMILES string of the molecule is CCOC(=O)c1c(NC(=O)c2ccc3c(c2)OCO3)sc(C(=O)Nc2ccc(Cl)cc2)c1C. The van der Waals surface area contributed by atoms with Crippen LogP contribution in [-0.4, -0.2) is 31.2 Å². The van der Waals surface area contributed by atoms with Gasteiger partial charge in [0.15, 0.2) is 11.5 Å². The second kappa shape index (κ2) is 9.51. The van der Waals surface area contributed by atoms with Crippen molar-refractivity contribution in [3.05, 3.63) is 69.1 Å². The molecule has 2 heterocycles. The molecule has 0 saturated heterocycles. The molecule has 3 aromatic rings. The molecule has 0 aliphatic carbocycles. The molecule has 0 spiro atoms. The van der Waals surface area contributed by atoms with Crippen LogP contribution in [0.3, 0.4) is 0 Å². The van der Waals surface area contributed by atoms with Gasteiger partial charge in [-0.05, 0) is 61.9 Å². The molecular weight excluding hydrogens is 468 g/mol. The lowest BCUT2D eigenvalue weighted by atomic mass is 10.1. The number of hydrogen-bond donors (Lipinski definition) is 2. The quantitative estimate of drug-likeness (QED) is 0.469. The Bertz CT molecular complexity index is 1240. The van der Waals surface area contributed by atoms with Gasteiger partial charge in [-0.15, -0.1) is 11.3 Å². The normalized spacial score (nSPS) is 11.7. The highest BCUT2D eigenvalue weighted by Gasteiger charge is 2.27. The first kappa shape index (κ1) is 22.6. The van der Waals surface area contributed by atoms with Gasteiger partial charge < -0.3 is 24.8 Å². The van der Waals surface area contributed by atoms with Gasteiger partial charge in [0.25, 0.3) is 11.8 Å². The number of esters is 1. The van der Waals surface area contributed by atoms with E-state index in [9.17, 15) is 14.4 Å². The number of amides is 2. The first-order chi connectivity index (χ1) is 15.9. The lowest BCUT2D eigenvalue weighted by molar-refractivity contribution is 0.0527. The summed E-state index contributed by atoms with van der Waals surface area (Å²) in [4.78, 5) is 38.7. The third-order valence-electron chi connectivity index (χ3n) is 4.80. The minimum absolute atomic E-state index is 0.0869. The molecule has 2 aromatic carbocycles. The van der Waals surface area contributed by atoms with Crippen molar-refractivity contribution in [3.8, 4) is 11.5 Å². The third kappa shape index (κ3) is 4.79. The predicted molar refractivity (Wildman–Crippen MR) is 125 cm³/mol. The topological polar surface area (TPSA) is 103 Å². The number of rotatable bonds is 6. The minimum Gasteiger partial charge on any atom is -0.462 e. The number of benzene rings is 2. The number of anilines is 2.